The molecule has 1 nitrogen and oxygen atoms in total. The zero-order valence-corrected chi connectivity index (χ0v) is 17.3. The van der Waals surface area contributed by atoms with Crippen LogP contribution in [0.25, 0.3) is 0 Å². The summed E-state index contributed by atoms with van der Waals surface area (Å²) < 4.78 is 13.4. The van der Waals surface area contributed by atoms with Crippen molar-refractivity contribution >= 4 is 46.4 Å². The van der Waals surface area contributed by atoms with Crippen molar-refractivity contribution in [2.24, 2.45) is 0 Å². The van der Waals surface area contributed by atoms with E-state index in [9.17, 15) is 4.39 Å². The molecule has 0 radical (unpaired) electrons. The van der Waals surface area contributed by atoms with Gasteiger partial charge in [0.05, 0.1) is 9.57 Å². The molecule has 3 aromatic rings. The molecule has 0 saturated carbocycles. The number of aryl methyl sites for hydroxylation is 1. The molecule has 0 aliphatic heterocycles. The molecule has 0 aliphatic carbocycles. The second kappa shape index (κ2) is 9.93. The van der Waals surface area contributed by atoms with E-state index in [-0.39, 0.29) is 10.4 Å². The molecule has 0 saturated heterocycles. The summed E-state index contributed by atoms with van der Waals surface area (Å²) in [5.74, 6) is -0.219. The van der Waals surface area contributed by atoms with E-state index in [0.29, 0.717) is 6.42 Å². The third-order valence-electron chi connectivity index (χ3n) is 3.75. The van der Waals surface area contributed by atoms with Gasteiger partial charge in [-0.3, -0.25) is 0 Å². The number of anilines is 1. The smallest absolute Gasteiger partial charge is 0.123 e. The van der Waals surface area contributed by atoms with Crippen LogP contribution in [-0.2, 0) is 0 Å². The van der Waals surface area contributed by atoms with E-state index in [4.69, 9.17) is 12.2 Å². The van der Waals surface area contributed by atoms with E-state index < -0.39 is 0 Å². The van der Waals surface area contributed by atoms with Crippen LogP contribution in [0.5, 0.6) is 0 Å². The highest BCUT2D eigenvalue weighted by atomic mass is 32.2. The summed E-state index contributed by atoms with van der Waals surface area (Å²) in [4.78, 5) is 3.02. The summed E-state index contributed by atoms with van der Waals surface area (Å²) >= 11 is 9.09. The van der Waals surface area contributed by atoms with Crippen molar-refractivity contribution < 1.29 is 4.39 Å². The van der Waals surface area contributed by atoms with Gasteiger partial charge in [-0.2, -0.15) is 0 Å². The second-order valence-electron chi connectivity index (χ2n) is 6.05. The predicted octanol–water partition coefficient (Wildman–Crippen LogP) is 7.17. The first kappa shape index (κ1) is 19.9. The molecule has 0 fully saturated rings. The number of thiocarbonyl (C=S) groups is 1. The zero-order chi connectivity index (χ0) is 19.1. The van der Waals surface area contributed by atoms with Gasteiger partial charge >= 0.3 is 0 Å². The monoisotopic (exact) mass is 413 g/mol. The van der Waals surface area contributed by atoms with Gasteiger partial charge in [-0.05, 0) is 61.0 Å². The summed E-state index contributed by atoms with van der Waals surface area (Å²) in [5.41, 5.74) is 2.20. The van der Waals surface area contributed by atoms with Crippen LogP contribution in [0.2, 0.25) is 0 Å². The van der Waals surface area contributed by atoms with Crippen molar-refractivity contribution in [1.29, 1.82) is 0 Å². The third-order valence-corrected chi connectivity index (χ3v) is 6.54. The lowest BCUT2D eigenvalue weighted by atomic mass is 10.2. The molecule has 138 valence electrons. The van der Waals surface area contributed by atoms with Gasteiger partial charge < -0.3 is 5.32 Å². The minimum Gasteiger partial charge on any atom is -0.350 e. The number of benzene rings is 3. The van der Waals surface area contributed by atoms with Gasteiger partial charge in [0.1, 0.15) is 5.82 Å². The molecule has 1 N–H and O–H groups in total. The largest absolute Gasteiger partial charge is 0.350 e. The van der Waals surface area contributed by atoms with Gasteiger partial charge in [-0.25, -0.2) is 4.39 Å². The Labute approximate surface area is 173 Å². The predicted molar refractivity (Wildman–Crippen MR) is 120 cm³/mol. The van der Waals surface area contributed by atoms with Crippen LogP contribution in [0.1, 0.15) is 12.0 Å². The summed E-state index contributed by atoms with van der Waals surface area (Å²) in [6.07, 6.45) is 0.713. The molecule has 0 aliphatic rings. The Kier molecular flexibility index (Phi) is 7.33. The molecule has 5 heteroatoms. The topological polar surface area (TPSA) is 12.0 Å². The number of thioether (sulfide) groups is 2. The van der Waals surface area contributed by atoms with Crippen LogP contribution < -0.4 is 5.32 Å². The molecule has 0 spiro atoms. The summed E-state index contributed by atoms with van der Waals surface area (Å²) in [6, 6.07) is 25.1. The van der Waals surface area contributed by atoms with Gasteiger partial charge in [-0.15, -0.1) is 23.5 Å². The first-order chi connectivity index (χ1) is 13.1. The number of rotatable bonds is 7. The number of hydrogen-bond donors (Lipinski definition) is 1. The Balaban J connectivity index is 1.70. The van der Waals surface area contributed by atoms with Crippen molar-refractivity contribution in [3.63, 3.8) is 0 Å². The lowest BCUT2D eigenvalue weighted by molar-refractivity contribution is 0.626. The van der Waals surface area contributed by atoms with Gasteiger partial charge in [0.2, 0.25) is 0 Å². The fourth-order valence-electron chi connectivity index (χ4n) is 2.51. The van der Waals surface area contributed by atoms with Gasteiger partial charge in [0.25, 0.3) is 0 Å². The lowest BCUT2D eigenvalue weighted by Crippen LogP contribution is -2.14. The fourth-order valence-corrected chi connectivity index (χ4v) is 5.58. The van der Waals surface area contributed by atoms with E-state index in [0.717, 1.165) is 15.6 Å². The van der Waals surface area contributed by atoms with E-state index >= 15 is 0 Å². The number of halogens is 1. The van der Waals surface area contributed by atoms with Gasteiger partial charge in [0, 0.05) is 21.9 Å². The Hall–Kier alpha value is -1.82. The lowest BCUT2D eigenvalue weighted by Gasteiger charge is -2.18. The minimum atomic E-state index is -0.219. The number of nitrogens with one attached hydrogen (secondary N) is 1. The van der Waals surface area contributed by atoms with Crippen LogP contribution in [-0.4, -0.2) is 9.57 Å². The highest BCUT2D eigenvalue weighted by molar-refractivity contribution is 8.17. The molecule has 0 amide bonds. The van der Waals surface area contributed by atoms with Gasteiger partial charge in [0.15, 0.2) is 0 Å². The summed E-state index contributed by atoms with van der Waals surface area (Å²) in [5, 5.41) is 3.34. The highest BCUT2D eigenvalue weighted by Crippen LogP contribution is 2.38. The van der Waals surface area contributed by atoms with E-state index in [1.54, 1.807) is 23.5 Å². The molecule has 1 unspecified atom stereocenters. The van der Waals surface area contributed by atoms with Crippen LogP contribution >= 0.6 is 35.7 Å². The first-order valence-corrected chi connectivity index (χ1v) is 10.8. The SMILES string of the molecule is Cc1cccc(NC(=S)CC(Sc2ccccc2)Sc2ccc(F)cc2)c1. The first-order valence-electron chi connectivity index (χ1n) is 8.59. The Morgan fingerprint density at radius 1 is 0.926 bits per heavy atom. The molecule has 0 aromatic heterocycles. The van der Waals surface area contributed by atoms with Crippen LogP contribution in [0.3, 0.4) is 0 Å². The maximum Gasteiger partial charge on any atom is 0.123 e. The average Bonchev–Trinajstić information content (AvgIpc) is 2.64. The van der Waals surface area contributed by atoms with Gasteiger partial charge in [-0.1, -0.05) is 42.5 Å². The van der Waals surface area contributed by atoms with Crippen molar-refractivity contribution in [2.75, 3.05) is 5.32 Å². The fraction of sp³-hybridized carbons (Fsp3) is 0.136. The molecular formula is C22H20FNS3. The molecule has 3 rings (SSSR count). The van der Waals surface area contributed by atoms with Crippen LogP contribution in [0, 0.1) is 12.7 Å². The Morgan fingerprint density at radius 3 is 2.26 bits per heavy atom. The quantitative estimate of drug-likeness (QED) is 0.250. The number of hydrogen-bond acceptors (Lipinski definition) is 3. The maximum atomic E-state index is 13.2. The van der Waals surface area contributed by atoms with Crippen LogP contribution in [0.4, 0.5) is 10.1 Å². The zero-order valence-electron chi connectivity index (χ0n) is 14.9. The van der Waals surface area contributed by atoms with Crippen molar-refractivity contribution in [1.82, 2.24) is 0 Å². The standard InChI is InChI=1S/C22H20FNS3/c1-16-6-5-7-18(14-16)24-21(25)15-22(26-19-8-3-2-4-9-19)27-20-12-10-17(23)11-13-20/h2-14,22H,15H2,1H3,(H,24,25). The van der Waals surface area contributed by atoms with E-state index in [1.807, 2.05) is 42.5 Å². The van der Waals surface area contributed by atoms with Crippen molar-refractivity contribution in [2.45, 2.75) is 27.7 Å². The van der Waals surface area contributed by atoms with E-state index in [2.05, 4.69) is 36.5 Å². The summed E-state index contributed by atoms with van der Waals surface area (Å²) in [6.45, 7) is 2.06. The highest BCUT2D eigenvalue weighted by Gasteiger charge is 2.15. The second-order valence-corrected chi connectivity index (χ2v) is 9.40. The minimum absolute atomic E-state index is 0.183. The average molecular weight is 414 g/mol. The Bertz CT molecular complexity index is 882. The molecule has 27 heavy (non-hydrogen) atoms. The molecule has 1 atom stereocenters. The molecule has 0 heterocycles. The van der Waals surface area contributed by atoms with Crippen LogP contribution in [0.15, 0.2) is 88.7 Å². The van der Waals surface area contributed by atoms with E-state index in [1.165, 1.54) is 22.6 Å². The molecule has 3 aromatic carbocycles. The molecular weight excluding hydrogens is 393 g/mol. The summed E-state index contributed by atoms with van der Waals surface area (Å²) in [7, 11) is 0. The molecule has 0 bridgehead atoms. The van der Waals surface area contributed by atoms with Crippen molar-refractivity contribution in [3.8, 4) is 0 Å². The van der Waals surface area contributed by atoms with Crippen molar-refractivity contribution in [3.05, 3.63) is 90.2 Å². The normalized spacial score (nSPS) is 11.8. The third kappa shape index (κ3) is 6.69. The Morgan fingerprint density at radius 2 is 1.59 bits per heavy atom. The maximum absolute atomic E-state index is 13.2.